The van der Waals surface area contributed by atoms with Crippen molar-refractivity contribution in [2.45, 2.75) is 31.8 Å². The van der Waals surface area contributed by atoms with E-state index in [2.05, 4.69) is 23.2 Å². The molecule has 2 unspecified atom stereocenters. The van der Waals surface area contributed by atoms with Crippen molar-refractivity contribution in [3.8, 4) is 11.5 Å². The summed E-state index contributed by atoms with van der Waals surface area (Å²) in [5, 5.41) is 3.42. The molecule has 4 heteroatoms. The van der Waals surface area contributed by atoms with Gasteiger partial charge in [-0.15, -0.1) is 0 Å². The van der Waals surface area contributed by atoms with Gasteiger partial charge >= 0.3 is 0 Å². The van der Waals surface area contributed by atoms with Crippen molar-refractivity contribution in [2.24, 2.45) is 0 Å². The number of rotatable bonds is 6. The van der Waals surface area contributed by atoms with Crippen LogP contribution in [0.5, 0.6) is 11.5 Å². The molecule has 0 aromatic heterocycles. The van der Waals surface area contributed by atoms with E-state index in [1.165, 1.54) is 24.9 Å². The highest BCUT2D eigenvalue weighted by Gasteiger charge is 2.25. The summed E-state index contributed by atoms with van der Waals surface area (Å²) in [6.07, 6.45) is 2.60. The average molecular weight is 278 g/mol. The quantitative estimate of drug-likeness (QED) is 0.866. The Bertz CT molecular complexity index is 436. The SMILES string of the molecule is CNC(CN1CCCC1C)c1ccc(OC)cc1OC. The number of likely N-dealkylation sites (N-methyl/N-ethyl adjacent to an activating group) is 1. The summed E-state index contributed by atoms with van der Waals surface area (Å²) >= 11 is 0. The Morgan fingerprint density at radius 1 is 1.35 bits per heavy atom. The molecule has 4 nitrogen and oxygen atoms in total. The van der Waals surface area contributed by atoms with Crippen LogP contribution in [0, 0.1) is 0 Å². The fourth-order valence-electron chi connectivity index (χ4n) is 2.95. The largest absolute Gasteiger partial charge is 0.497 e. The second kappa shape index (κ2) is 6.95. The van der Waals surface area contributed by atoms with Crippen LogP contribution in [0.15, 0.2) is 18.2 Å². The number of methoxy groups -OCH3 is 2. The fourth-order valence-corrected chi connectivity index (χ4v) is 2.95. The van der Waals surface area contributed by atoms with Crippen LogP contribution in [0.25, 0.3) is 0 Å². The van der Waals surface area contributed by atoms with E-state index in [0.29, 0.717) is 6.04 Å². The zero-order valence-corrected chi connectivity index (χ0v) is 13.0. The first-order chi connectivity index (χ1) is 9.69. The number of nitrogens with zero attached hydrogens (tertiary/aromatic N) is 1. The summed E-state index contributed by atoms with van der Waals surface area (Å²) in [5.41, 5.74) is 1.19. The number of hydrogen-bond acceptors (Lipinski definition) is 4. The summed E-state index contributed by atoms with van der Waals surface area (Å²) in [5.74, 6) is 1.71. The van der Waals surface area contributed by atoms with E-state index in [4.69, 9.17) is 9.47 Å². The van der Waals surface area contributed by atoms with Gasteiger partial charge in [-0.1, -0.05) is 6.07 Å². The second-order valence-electron chi connectivity index (χ2n) is 5.44. The van der Waals surface area contributed by atoms with E-state index in [0.717, 1.165) is 18.0 Å². The first-order valence-electron chi connectivity index (χ1n) is 7.32. The highest BCUT2D eigenvalue weighted by atomic mass is 16.5. The molecule has 1 N–H and O–H groups in total. The van der Waals surface area contributed by atoms with Gasteiger partial charge in [-0.2, -0.15) is 0 Å². The fraction of sp³-hybridized carbons (Fsp3) is 0.625. The van der Waals surface area contributed by atoms with Crippen molar-refractivity contribution in [3.05, 3.63) is 23.8 Å². The Morgan fingerprint density at radius 3 is 2.70 bits per heavy atom. The lowest BCUT2D eigenvalue weighted by Crippen LogP contribution is -2.35. The third-order valence-electron chi connectivity index (χ3n) is 4.27. The highest BCUT2D eigenvalue weighted by Crippen LogP contribution is 2.31. The number of nitrogens with one attached hydrogen (secondary N) is 1. The number of benzene rings is 1. The molecule has 112 valence electrons. The molecule has 1 saturated heterocycles. The van der Waals surface area contributed by atoms with Gasteiger partial charge in [0.15, 0.2) is 0 Å². The zero-order chi connectivity index (χ0) is 14.5. The molecule has 1 aromatic rings. The van der Waals surface area contributed by atoms with Crippen LogP contribution in [0.3, 0.4) is 0 Å². The predicted molar refractivity (Wildman–Crippen MR) is 81.6 cm³/mol. The van der Waals surface area contributed by atoms with E-state index in [1.54, 1.807) is 14.2 Å². The topological polar surface area (TPSA) is 33.7 Å². The molecule has 0 radical (unpaired) electrons. The van der Waals surface area contributed by atoms with Gasteiger partial charge in [0.05, 0.1) is 14.2 Å². The maximum absolute atomic E-state index is 5.52. The maximum Gasteiger partial charge on any atom is 0.127 e. The molecule has 1 heterocycles. The molecular weight excluding hydrogens is 252 g/mol. The lowest BCUT2D eigenvalue weighted by molar-refractivity contribution is 0.239. The molecule has 2 rings (SSSR count). The Kier molecular flexibility index (Phi) is 5.26. The van der Waals surface area contributed by atoms with E-state index in [1.807, 2.05) is 19.2 Å². The van der Waals surface area contributed by atoms with E-state index < -0.39 is 0 Å². The van der Waals surface area contributed by atoms with Crippen LogP contribution in [-0.4, -0.2) is 45.3 Å². The van der Waals surface area contributed by atoms with Gasteiger partial charge in [-0.05, 0) is 39.4 Å². The van der Waals surface area contributed by atoms with Crippen molar-refractivity contribution in [2.75, 3.05) is 34.4 Å². The molecular formula is C16H26N2O2. The van der Waals surface area contributed by atoms with Crippen molar-refractivity contribution in [1.82, 2.24) is 10.2 Å². The van der Waals surface area contributed by atoms with Crippen LogP contribution in [0.1, 0.15) is 31.4 Å². The lowest BCUT2D eigenvalue weighted by Gasteiger charge is -2.28. The summed E-state index contributed by atoms with van der Waals surface area (Å²) < 4.78 is 10.8. The lowest BCUT2D eigenvalue weighted by atomic mass is 10.0. The third kappa shape index (κ3) is 3.25. The zero-order valence-electron chi connectivity index (χ0n) is 13.0. The highest BCUT2D eigenvalue weighted by molar-refractivity contribution is 5.42. The van der Waals surface area contributed by atoms with Crippen molar-refractivity contribution < 1.29 is 9.47 Å². The first kappa shape index (κ1) is 15.1. The molecule has 1 aromatic carbocycles. The van der Waals surface area contributed by atoms with Gasteiger partial charge in [-0.25, -0.2) is 0 Å². The van der Waals surface area contributed by atoms with Crippen molar-refractivity contribution >= 4 is 0 Å². The molecule has 0 amide bonds. The predicted octanol–water partition coefficient (Wildman–Crippen LogP) is 2.45. The Morgan fingerprint density at radius 2 is 2.15 bits per heavy atom. The van der Waals surface area contributed by atoms with Crippen molar-refractivity contribution in [1.29, 1.82) is 0 Å². The smallest absolute Gasteiger partial charge is 0.127 e. The van der Waals surface area contributed by atoms with Crippen molar-refractivity contribution in [3.63, 3.8) is 0 Å². The molecule has 0 bridgehead atoms. The molecule has 0 aliphatic carbocycles. The van der Waals surface area contributed by atoms with Crippen LogP contribution in [-0.2, 0) is 0 Å². The Labute approximate surface area is 122 Å². The van der Waals surface area contributed by atoms with Gasteiger partial charge in [-0.3, -0.25) is 4.90 Å². The summed E-state index contributed by atoms with van der Waals surface area (Å²) in [6.45, 7) is 4.52. The number of hydrogen-bond donors (Lipinski definition) is 1. The molecule has 2 atom stereocenters. The molecule has 1 aliphatic rings. The van der Waals surface area contributed by atoms with Gasteiger partial charge < -0.3 is 14.8 Å². The van der Waals surface area contributed by atoms with Gasteiger partial charge in [0, 0.05) is 30.3 Å². The number of ether oxygens (including phenoxy) is 2. The van der Waals surface area contributed by atoms with Gasteiger partial charge in [0.25, 0.3) is 0 Å². The van der Waals surface area contributed by atoms with Crippen LogP contribution in [0.4, 0.5) is 0 Å². The average Bonchev–Trinajstić information content (AvgIpc) is 2.89. The van der Waals surface area contributed by atoms with Gasteiger partial charge in [0.2, 0.25) is 0 Å². The first-order valence-corrected chi connectivity index (χ1v) is 7.32. The summed E-state index contributed by atoms with van der Waals surface area (Å²) in [6, 6.07) is 6.99. The summed E-state index contributed by atoms with van der Waals surface area (Å²) in [4.78, 5) is 2.55. The van der Waals surface area contributed by atoms with Crippen LogP contribution in [0.2, 0.25) is 0 Å². The standard InChI is InChI=1S/C16H26N2O2/c1-12-6-5-9-18(12)11-15(17-2)14-8-7-13(19-3)10-16(14)20-4/h7-8,10,12,15,17H,5-6,9,11H2,1-4H3. The normalized spacial score (nSPS) is 20.9. The third-order valence-corrected chi connectivity index (χ3v) is 4.27. The monoisotopic (exact) mass is 278 g/mol. The molecule has 1 fully saturated rings. The minimum absolute atomic E-state index is 0.274. The van der Waals surface area contributed by atoms with E-state index in [-0.39, 0.29) is 6.04 Å². The molecule has 0 saturated carbocycles. The van der Waals surface area contributed by atoms with E-state index in [9.17, 15) is 0 Å². The van der Waals surface area contributed by atoms with Crippen LogP contribution < -0.4 is 14.8 Å². The van der Waals surface area contributed by atoms with Gasteiger partial charge in [0.1, 0.15) is 11.5 Å². The maximum atomic E-state index is 5.52. The van der Waals surface area contributed by atoms with Crippen LogP contribution >= 0.6 is 0 Å². The molecule has 0 spiro atoms. The molecule has 20 heavy (non-hydrogen) atoms. The summed E-state index contributed by atoms with van der Waals surface area (Å²) in [7, 11) is 5.40. The second-order valence-corrected chi connectivity index (χ2v) is 5.44. The van der Waals surface area contributed by atoms with E-state index >= 15 is 0 Å². The minimum atomic E-state index is 0.274. The minimum Gasteiger partial charge on any atom is -0.497 e. The molecule has 1 aliphatic heterocycles. The Hall–Kier alpha value is -1.26. The number of likely N-dealkylation sites (tertiary alicyclic amines) is 1. The Balaban J connectivity index is 2.17.